The number of nitrogens with zero attached hydrogens (tertiary/aromatic N) is 3. The number of aromatic nitrogens is 2. The summed E-state index contributed by atoms with van der Waals surface area (Å²) in [7, 11) is 1.81. The predicted molar refractivity (Wildman–Crippen MR) is 85.8 cm³/mol. The highest BCUT2D eigenvalue weighted by Crippen LogP contribution is 2.13. The molecule has 1 aromatic heterocycles. The van der Waals surface area contributed by atoms with E-state index in [-0.39, 0.29) is 5.91 Å². The van der Waals surface area contributed by atoms with Gasteiger partial charge in [0.1, 0.15) is 0 Å². The Kier molecular flexibility index (Phi) is 5.81. The number of carbonyl (C=O) groups is 1. The second-order valence-corrected chi connectivity index (χ2v) is 6.50. The number of hydrogen-bond donors (Lipinski definition) is 0. The molecule has 0 saturated carbocycles. The lowest BCUT2D eigenvalue weighted by Crippen LogP contribution is -2.27. The molecule has 2 aromatic rings. The molecule has 21 heavy (non-hydrogen) atoms. The van der Waals surface area contributed by atoms with E-state index in [0.29, 0.717) is 29.8 Å². The third kappa shape index (κ3) is 5.17. The number of aryl methyl sites for hydroxylation is 1. The maximum Gasteiger partial charge on any atom is 0.232 e. The molecule has 5 nitrogen and oxygen atoms in total. The fourth-order valence-corrected chi connectivity index (χ4v) is 2.75. The Bertz CT molecular complexity index is 601. The number of thioether (sulfide) groups is 1. The van der Waals surface area contributed by atoms with Gasteiger partial charge in [0, 0.05) is 25.0 Å². The molecule has 0 radical (unpaired) electrons. The van der Waals surface area contributed by atoms with E-state index in [1.54, 1.807) is 11.8 Å². The predicted octanol–water partition coefficient (Wildman–Crippen LogP) is 3.03. The van der Waals surface area contributed by atoms with Crippen molar-refractivity contribution in [3.63, 3.8) is 0 Å². The summed E-state index contributed by atoms with van der Waals surface area (Å²) in [6.45, 7) is 2.35. The molecule has 0 N–H and O–H groups in total. The highest BCUT2D eigenvalue weighted by Gasteiger charge is 2.10. The Morgan fingerprint density at radius 2 is 2.10 bits per heavy atom. The van der Waals surface area contributed by atoms with Crippen LogP contribution in [-0.4, -0.2) is 33.7 Å². The summed E-state index contributed by atoms with van der Waals surface area (Å²) in [5.74, 6) is 2.24. The third-order valence-corrected chi connectivity index (χ3v) is 4.23. The van der Waals surface area contributed by atoms with Crippen LogP contribution in [0.25, 0.3) is 0 Å². The van der Waals surface area contributed by atoms with Gasteiger partial charge in [0.2, 0.25) is 11.8 Å². The number of hydrogen-bond acceptors (Lipinski definition) is 5. The van der Waals surface area contributed by atoms with Crippen molar-refractivity contribution in [3.8, 4) is 0 Å². The minimum absolute atomic E-state index is 0.0862. The van der Waals surface area contributed by atoms with Crippen molar-refractivity contribution < 1.29 is 9.32 Å². The molecule has 0 bridgehead atoms. The topological polar surface area (TPSA) is 59.2 Å². The third-order valence-electron chi connectivity index (χ3n) is 2.79. The van der Waals surface area contributed by atoms with Gasteiger partial charge in [-0.1, -0.05) is 33.2 Å². The first kappa shape index (κ1) is 16.0. The van der Waals surface area contributed by atoms with Gasteiger partial charge in [-0.15, -0.1) is 11.8 Å². The molecule has 1 heterocycles. The van der Waals surface area contributed by atoms with E-state index in [1.807, 2.05) is 31.3 Å². The van der Waals surface area contributed by atoms with E-state index in [4.69, 9.17) is 4.52 Å². The number of carbonyl (C=O) groups excluding carboxylic acids is 1. The zero-order valence-corrected chi connectivity index (χ0v) is 14.3. The molecule has 0 fully saturated rings. The van der Waals surface area contributed by atoms with Gasteiger partial charge in [0.25, 0.3) is 0 Å². The summed E-state index contributed by atoms with van der Waals surface area (Å²) in [4.78, 5) is 17.9. The van der Waals surface area contributed by atoms with Crippen LogP contribution in [0.1, 0.15) is 17.3 Å². The lowest BCUT2D eigenvalue weighted by atomic mass is 10.2. The van der Waals surface area contributed by atoms with Gasteiger partial charge < -0.3 is 9.42 Å². The monoisotopic (exact) mass is 369 g/mol. The normalized spacial score (nSPS) is 10.6. The molecule has 112 valence electrons. The number of rotatable bonds is 6. The molecule has 7 heteroatoms. The first-order valence-corrected chi connectivity index (χ1v) is 8.34. The Morgan fingerprint density at radius 3 is 2.71 bits per heavy atom. The van der Waals surface area contributed by atoms with Gasteiger partial charge in [-0.2, -0.15) is 4.98 Å². The average molecular weight is 370 g/mol. The molecule has 2 rings (SSSR count). The van der Waals surface area contributed by atoms with Gasteiger partial charge >= 0.3 is 0 Å². The number of benzene rings is 1. The zero-order chi connectivity index (χ0) is 15.2. The average Bonchev–Trinajstić information content (AvgIpc) is 2.87. The number of halogens is 1. The lowest BCUT2D eigenvalue weighted by molar-refractivity contribution is -0.127. The molecular formula is C14H16BrN3O2S. The van der Waals surface area contributed by atoms with Crippen molar-refractivity contribution in [2.45, 2.75) is 19.2 Å². The molecule has 0 aliphatic carbocycles. The van der Waals surface area contributed by atoms with Crippen LogP contribution in [0.15, 0.2) is 33.3 Å². The van der Waals surface area contributed by atoms with Crippen LogP contribution < -0.4 is 0 Å². The first-order chi connectivity index (χ1) is 10.0. The van der Waals surface area contributed by atoms with Crippen molar-refractivity contribution >= 4 is 33.6 Å². The lowest BCUT2D eigenvalue weighted by Gasteiger charge is -2.17. The Morgan fingerprint density at radius 1 is 1.38 bits per heavy atom. The molecule has 0 saturated heterocycles. The second-order valence-electron chi connectivity index (χ2n) is 4.60. The van der Waals surface area contributed by atoms with Crippen molar-refractivity contribution in [1.82, 2.24) is 15.0 Å². The Hall–Kier alpha value is -1.34. The summed E-state index contributed by atoms with van der Waals surface area (Å²) >= 11 is 4.88. The van der Waals surface area contributed by atoms with E-state index >= 15 is 0 Å². The minimum Gasteiger partial charge on any atom is -0.341 e. The van der Waals surface area contributed by atoms with Crippen LogP contribution in [-0.2, 0) is 17.1 Å². The standard InChI is InChI=1S/C14H16BrN3O2S/c1-10-16-13(17-20-10)8-21-9-14(19)18(2)7-11-3-5-12(15)6-4-11/h3-6H,7-9H2,1-2H3. The van der Waals surface area contributed by atoms with Crippen molar-refractivity contribution in [2.24, 2.45) is 0 Å². The van der Waals surface area contributed by atoms with E-state index in [2.05, 4.69) is 26.1 Å². The van der Waals surface area contributed by atoms with Crippen LogP contribution in [0.5, 0.6) is 0 Å². The molecule has 0 aliphatic rings. The quantitative estimate of drug-likeness (QED) is 0.782. The van der Waals surface area contributed by atoms with Crippen molar-refractivity contribution in [2.75, 3.05) is 12.8 Å². The largest absolute Gasteiger partial charge is 0.341 e. The zero-order valence-electron chi connectivity index (χ0n) is 11.9. The van der Waals surface area contributed by atoms with Crippen LogP contribution in [0.2, 0.25) is 0 Å². The fourth-order valence-electron chi connectivity index (χ4n) is 1.69. The molecule has 1 aromatic carbocycles. The van der Waals surface area contributed by atoms with Gasteiger partial charge in [-0.05, 0) is 17.7 Å². The smallest absolute Gasteiger partial charge is 0.232 e. The minimum atomic E-state index is 0.0862. The molecular weight excluding hydrogens is 354 g/mol. The van der Waals surface area contributed by atoms with Gasteiger partial charge in [-0.3, -0.25) is 4.79 Å². The molecule has 0 unspecified atom stereocenters. The van der Waals surface area contributed by atoms with Gasteiger partial charge in [-0.25, -0.2) is 0 Å². The van der Waals surface area contributed by atoms with Crippen LogP contribution >= 0.6 is 27.7 Å². The second kappa shape index (κ2) is 7.61. The SMILES string of the molecule is Cc1nc(CSCC(=O)N(C)Cc2ccc(Br)cc2)no1. The molecule has 0 aliphatic heterocycles. The maximum absolute atomic E-state index is 12.0. The van der Waals surface area contributed by atoms with E-state index in [1.165, 1.54) is 11.8 Å². The maximum atomic E-state index is 12.0. The van der Waals surface area contributed by atoms with Crippen LogP contribution in [0.3, 0.4) is 0 Å². The first-order valence-electron chi connectivity index (χ1n) is 6.40. The fraction of sp³-hybridized carbons (Fsp3) is 0.357. The van der Waals surface area contributed by atoms with Crippen LogP contribution in [0, 0.1) is 6.92 Å². The Balaban J connectivity index is 1.75. The number of amides is 1. The molecule has 0 atom stereocenters. The highest BCUT2D eigenvalue weighted by atomic mass is 79.9. The molecule has 0 spiro atoms. The highest BCUT2D eigenvalue weighted by molar-refractivity contribution is 9.10. The van der Waals surface area contributed by atoms with E-state index in [9.17, 15) is 4.79 Å². The van der Waals surface area contributed by atoms with E-state index < -0.39 is 0 Å². The summed E-state index contributed by atoms with van der Waals surface area (Å²) in [5, 5.41) is 3.80. The Labute approximate surface area is 136 Å². The van der Waals surface area contributed by atoms with Gasteiger partial charge in [0.15, 0.2) is 5.82 Å². The summed E-state index contributed by atoms with van der Waals surface area (Å²) in [6, 6.07) is 7.95. The summed E-state index contributed by atoms with van der Waals surface area (Å²) in [6.07, 6.45) is 0. The molecule has 1 amide bonds. The summed E-state index contributed by atoms with van der Waals surface area (Å²) in [5.41, 5.74) is 1.10. The van der Waals surface area contributed by atoms with E-state index in [0.717, 1.165) is 10.0 Å². The van der Waals surface area contributed by atoms with Crippen LogP contribution in [0.4, 0.5) is 0 Å². The summed E-state index contributed by atoms with van der Waals surface area (Å²) < 4.78 is 5.92. The van der Waals surface area contributed by atoms with Crippen molar-refractivity contribution in [1.29, 1.82) is 0 Å². The van der Waals surface area contributed by atoms with Gasteiger partial charge in [0.05, 0.1) is 11.5 Å². The van der Waals surface area contributed by atoms with Crippen molar-refractivity contribution in [3.05, 3.63) is 46.0 Å².